The van der Waals surface area contributed by atoms with Gasteiger partial charge in [0, 0.05) is 12.8 Å². The summed E-state index contributed by atoms with van der Waals surface area (Å²) in [7, 11) is 0. The van der Waals surface area contributed by atoms with Gasteiger partial charge in [-0.3, -0.25) is 9.59 Å². The molecule has 1 saturated heterocycles. The summed E-state index contributed by atoms with van der Waals surface area (Å²) in [5.41, 5.74) is 0. The molecule has 0 aromatic rings. The fourth-order valence-electron chi connectivity index (χ4n) is 5.19. The van der Waals surface area contributed by atoms with Crippen molar-refractivity contribution in [3.8, 4) is 0 Å². The average molecular weight is 669 g/mol. The number of carbonyl (C=O) groups is 2. The van der Waals surface area contributed by atoms with Gasteiger partial charge in [-0.25, -0.2) is 0 Å². The molecular formula is C37H64O10. The maximum absolute atomic E-state index is 12.6. The minimum atomic E-state index is -1.60. The second-order valence-electron chi connectivity index (χ2n) is 12.4. The van der Waals surface area contributed by atoms with Crippen LogP contribution in [0.1, 0.15) is 129 Å². The summed E-state index contributed by atoms with van der Waals surface area (Å²) < 4.78 is 22.0. The first kappa shape index (κ1) is 42.9. The Morgan fingerprint density at radius 1 is 0.681 bits per heavy atom. The summed E-state index contributed by atoms with van der Waals surface area (Å²) in [5.74, 6) is -0.838. The second kappa shape index (κ2) is 28.9. The molecule has 1 aliphatic heterocycles. The van der Waals surface area contributed by atoms with Crippen molar-refractivity contribution in [2.45, 2.75) is 166 Å². The number of unbranched alkanes of at least 4 members (excludes halogenated alkanes) is 13. The maximum Gasteiger partial charge on any atom is 0.306 e. The van der Waals surface area contributed by atoms with Gasteiger partial charge in [0.05, 0.1) is 13.2 Å². The van der Waals surface area contributed by atoms with Crippen LogP contribution in [0.4, 0.5) is 0 Å². The van der Waals surface area contributed by atoms with Gasteiger partial charge in [0.2, 0.25) is 0 Å². The summed E-state index contributed by atoms with van der Waals surface area (Å²) in [5, 5.41) is 39.8. The van der Waals surface area contributed by atoms with E-state index < -0.39 is 49.4 Å². The van der Waals surface area contributed by atoms with Crippen molar-refractivity contribution < 1.29 is 49.0 Å². The van der Waals surface area contributed by atoms with Gasteiger partial charge in [-0.05, 0) is 32.1 Å². The van der Waals surface area contributed by atoms with Crippen LogP contribution in [0.25, 0.3) is 0 Å². The topological polar surface area (TPSA) is 152 Å². The predicted molar refractivity (Wildman–Crippen MR) is 182 cm³/mol. The van der Waals surface area contributed by atoms with Gasteiger partial charge in [-0.2, -0.15) is 0 Å². The van der Waals surface area contributed by atoms with Gasteiger partial charge < -0.3 is 39.4 Å². The predicted octanol–water partition coefficient (Wildman–Crippen LogP) is 5.99. The van der Waals surface area contributed by atoms with E-state index in [9.17, 15) is 30.0 Å². The zero-order valence-electron chi connectivity index (χ0n) is 29.0. The largest absolute Gasteiger partial charge is 0.462 e. The van der Waals surface area contributed by atoms with Crippen LogP contribution in [0.5, 0.6) is 0 Å². The lowest BCUT2D eigenvalue weighted by Crippen LogP contribution is -2.59. The number of rotatable bonds is 28. The molecule has 1 heterocycles. The Morgan fingerprint density at radius 2 is 1.26 bits per heavy atom. The molecule has 10 nitrogen and oxygen atoms in total. The number of aliphatic hydroxyl groups is 4. The summed E-state index contributed by atoms with van der Waals surface area (Å²) in [6, 6.07) is 0. The summed E-state index contributed by atoms with van der Waals surface area (Å²) in [6.07, 6.45) is 21.7. The van der Waals surface area contributed by atoms with Crippen LogP contribution in [0.3, 0.4) is 0 Å². The van der Waals surface area contributed by atoms with Gasteiger partial charge in [0.1, 0.15) is 31.0 Å². The Kier molecular flexibility index (Phi) is 26.4. The standard InChI is InChI=1S/C37H64O10/c1-3-5-7-9-11-13-14-15-16-18-20-22-24-26-33(40)46-30(29-45-37-36(43)35(42)34(41)31(27-38)47-37)28-44-32(39)25-23-21-19-17-12-10-8-6-4-2/h5,7,9,11,13-14,30-31,34-38,41-43H,3-4,6,8,10,12,15-29H2,1-2H3/b7-5+,11-9+,14-13+/t30?,31-,34+,35?,36?,37-/m1/s1. The van der Waals surface area contributed by atoms with Crippen molar-refractivity contribution >= 4 is 11.9 Å². The number of carbonyl (C=O) groups excluding carboxylic acids is 2. The van der Waals surface area contributed by atoms with E-state index in [1.54, 1.807) is 0 Å². The minimum absolute atomic E-state index is 0.207. The Hall–Kier alpha value is -2.08. The number of allylic oxidation sites excluding steroid dienone is 6. The molecule has 0 aromatic heterocycles. The molecule has 6 atom stereocenters. The Morgan fingerprint density at radius 3 is 1.87 bits per heavy atom. The highest BCUT2D eigenvalue weighted by atomic mass is 16.7. The number of ether oxygens (including phenoxy) is 4. The van der Waals surface area contributed by atoms with Gasteiger partial charge >= 0.3 is 11.9 Å². The third kappa shape index (κ3) is 21.5. The molecule has 1 rings (SSSR count). The maximum atomic E-state index is 12.6. The molecule has 1 fully saturated rings. The number of hydrogen-bond donors (Lipinski definition) is 4. The van der Waals surface area contributed by atoms with E-state index in [2.05, 4.69) is 32.1 Å². The zero-order chi connectivity index (χ0) is 34.5. The molecule has 0 aromatic carbocycles. The van der Waals surface area contributed by atoms with Crippen molar-refractivity contribution in [3.63, 3.8) is 0 Å². The molecule has 0 radical (unpaired) electrons. The van der Waals surface area contributed by atoms with Crippen LogP contribution in [0, 0.1) is 0 Å². The molecular weight excluding hydrogens is 604 g/mol. The quantitative estimate of drug-likeness (QED) is 0.0445. The lowest BCUT2D eigenvalue weighted by atomic mass is 9.99. The lowest BCUT2D eigenvalue weighted by molar-refractivity contribution is -0.305. The molecule has 0 amide bonds. The molecule has 10 heteroatoms. The van der Waals surface area contributed by atoms with E-state index in [-0.39, 0.29) is 32.0 Å². The van der Waals surface area contributed by atoms with E-state index in [0.717, 1.165) is 57.8 Å². The van der Waals surface area contributed by atoms with Crippen LogP contribution >= 0.6 is 0 Å². The summed E-state index contributed by atoms with van der Waals surface area (Å²) >= 11 is 0. The molecule has 0 aliphatic carbocycles. The first-order chi connectivity index (χ1) is 22.8. The lowest BCUT2D eigenvalue weighted by Gasteiger charge is -2.39. The van der Waals surface area contributed by atoms with E-state index in [1.807, 2.05) is 18.2 Å². The third-order valence-electron chi connectivity index (χ3n) is 8.10. The molecule has 272 valence electrons. The van der Waals surface area contributed by atoms with E-state index >= 15 is 0 Å². The van der Waals surface area contributed by atoms with E-state index in [0.29, 0.717) is 6.42 Å². The van der Waals surface area contributed by atoms with Crippen molar-refractivity contribution in [1.29, 1.82) is 0 Å². The zero-order valence-corrected chi connectivity index (χ0v) is 29.0. The summed E-state index contributed by atoms with van der Waals surface area (Å²) in [4.78, 5) is 25.0. The smallest absolute Gasteiger partial charge is 0.306 e. The summed E-state index contributed by atoms with van der Waals surface area (Å²) in [6.45, 7) is 3.21. The number of aliphatic hydroxyl groups excluding tert-OH is 4. The van der Waals surface area contributed by atoms with Crippen molar-refractivity contribution in [1.82, 2.24) is 0 Å². The first-order valence-electron chi connectivity index (χ1n) is 18.1. The van der Waals surface area contributed by atoms with Crippen LogP contribution in [-0.2, 0) is 28.5 Å². The SMILES string of the molecule is CC/C=C/C=C/C=C/CCCCCCCC(=O)OC(COC(=O)CCCCCCCCCCC)CO[C@@H]1O[C@H](CO)[C@H](O)C(O)C1O. The number of hydrogen-bond acceptors (Lipinski definition) is 10. The Bertz CT molecular complexity index is 871. The van der Waals surface area contributed by atoms with Crippen molar-refractivity contribution in [2.24, 2.45) is 0 Å². The fraction of sp³-hybridized carbons (Fsp3) is 0.784. The minimum Gasteiger partial charge on any atom is -0.462 e. The van der Waals surface area contributed by atoms with Gasteiger partial charge in [0.15, 0.2) is 12.4 Å². The van der Waals surface area contributed by atoms with Crippen LogP contribution in [-0.4, -0.2) is 89.0 Å². The van der Waals surface area contributed by atoms with Crippen LogP contribution in [0.2, 0.25) is 0 Å². The number of esters is 2. The van der Waals surface area contributed by atoms with Gasteiger partial charge in [0.25, 0.3) is 0 Å². The first-order valence-corrected chi connectivity index (χ1v) is 18.1. The Labute approximate surface area is 283 Å². The Balaban J connectivity index is 2.45. The molecule has 0 bridgehead atoms. The highest BCUT2D eigenvalue weighted by Gasteiger charge is 2.44. The average Bonchev–Trinajstić information content (AvgIpc) is 3.06. The second-order valence-corrected chi connectivity index (χ2v) is 12.4. The fourth-order valence-corrected chi connectivity index (χ4v) is 5.19. The normalized spacial score (nSPS) is 22.4. The molecule has 0 saturated carbocycles. The molecule has 1 aliphatic rings. The van der Waals surface area contributed by atoms with Crippen molar-refractivity contribution in [2.75, 3.05) is 19.8 Å². The molecule has 0 spiro atoms. The van der Waals surface area contributed by atoms with Gasteiger partial charge in [-0.15, -0.1) is 0 Å². The highest BCUT2D eigenvalue weighted by molar-refractivity contribution is 5.70. The van der Waals surface area contributed by atoms with Crippen LogP contribution in [0.15, 0.2) is 36.5 Å². The van der Waals surface area contributed by atoms with Crippen molar-refractivity contribution in [3.05, 3.63) is 36.5 Å². The highest BCUT2D eigenvalue weighted by Crippen LogP contribution is 2.22. The third-order valence-corrected chi connectivity index (χ3v) is 8.10. The van der Waals surface area contributed by atoms with Gasteiger partial charge in [-0.1, -0.05) is 121 Å². The molecule has 3 unspecified atom stereocenters. The monoisotopic (exact) mass is 668 g/mol. The molecule has 47 heavy (non-hydrogen) atoms. The van der Waals surface area contributed by atoms with E-state index in [1.165, 1.54) is 38.5 Å². The van der Waals surface area contributed by atoms with E-state index in [4.69, 9.17) is 18.9 Å². The van der Waals surface area contributed by atoms with Crippen LogP contribution < -0.4 is 0 Å². The molecule has 4 N–H and O–H groups in total.